The van der Waals surface area contributed by atoms with Gasteiger partial charge < -0.3 is 25.4 Å². The highest BCUT2D eigenvalue weighted by atomic mass is 16.3. The molecule has 9 heteroatoms. The lowest BCUT2D eigenvalue weighted by atomic mass is 9.98. The molecule has 2 aromatic carbocycles. The predicted molar refractivity (Wildman–Crippen MR) is 149 cm³/mol. The fourth-order valence-corrected chi connectivity index (χ4v) is 6.53. The molecule has 3 saturated carbocycles. The molecule has 0 spiro atoms. The third-order valence-corrected chi connectivity index (χ3v) is 8.74. The monoisotopic (exact) mass is 534 g/mol. The van der Waals surface area contributed by atoms with Crippen molar-refractivity contribution in [1.82, 2.24) is 24.8 Å². The van der Waals surface area contributed by atoms with E-state index in [1.54, 1.807) is 17.9 Å². The van der Waals surface area contributed by atoms with Gasteiger partial charge in [-0.25, -0.2) is 15.0 Å². The Bertz CT molecular complexity index is 1690. The van der Waals surface area contributed by atoms with Gasteiger partial charge in [0.25, 0.3) is 0 Å². The average molecular weight is 535 g/mol. The van der Waals surface area contributed by atoms with Gasteiger partial charge in [-0.2, -0.15) is 0 Å². The quantitative estimate of drug-likeness (QED) is 0.290. The molecular weight excluding hydrogens is 504 g/mol. The van der Waals surface area contributed by atoms with Gasteiger partial charge in [-0.05, 0) is 48.9 Å². The highest BCUT2D eigenvalue weighted by molar-refractivity contribution is 5.88. The number of rotatable bonds is 5. The van der Waals surface area contributed by atoms with Crippen molar-refractivity contribution in [3.63, 3.8) is 0 Å². The van der Waals surface area contributed by atoms with Crippen molar-refractivity contribution in [1.29, 1.82) is 0 Å². The molecule has 3 unspecified atom stereocenters. The van der Waals surface area contributed by atoms with E-state index < -0.39 is 23.7 Å². The number of nitrogens with one attached hydrogen (secondary N) is 2. The Hall–Kier alpha value is -4.26. The van der Waals surface area contributed by atoms with Gasteiger partial charge in [0.05, 0.1) is 23.9 Å². The molecule has 40 heavy (non-hydrogen) atoms. The Kier molecular flexibility index (Phi) is 5.66. The lowest BCUT2D eigenvalue weighted by Gasteiger charge is -2.23. The minimum atomic E-state index is -1.17. The number of aliphatic hydroxyl groups is 2. The topological polar surface area (TPSA) is 125 Å². The molecule has 0 bridgehead atoms. The number of imidazole rings is 1. The van der Waals surface area contributed by atoms with Crippen LogP contribution in [0.2, 0.25) is 0 Å². The summed E-state index contributed by atoms with van der Waals surface area (Å²) in [6.07, 6.45) is 0.797. The molecule has 0 aliphatic heterocycles. The Morgan fingerprint density at radius 3 is 2.70 bits per heavy atom. The van der Waals surface area contributed by atoms with Gasteiger partial charge in [0, 0.05) is 30.5 Å². The minimum absolute atomic E-state index is 0.200. The van der Waals surface area contributed by atoms with E-state index in [2.05, 4.69) is 39.6 Å². The van der Waals surface area contributed by atoms with Crippen LogP contribution in [0.3, 0.4) is 0 Å². The van der Waals surface area contributed by atoms with E-state index in [1.807, 2.05) is 49.4 Å². The molecule has 7 atom stereocenters. The fourth-order valence-electron chi connectivity index (χ4n) is 6.53. The van der Waals surface area contributed by atoms with Gasteiger partial charge in [0.15, 0.2) is 17.0 Å². The first-order valence-corrected chi connectivity index (χ1v) is 13.6. The lowest BCUT2D eigenvalue weighted by molar-refractivity contribution is -0.132. The van der Waals surface area contributed by atoms with Crippen molar-refractivity contribution < 1.29 is 15.0 Å². The summed E-state index contributed by atoms with van der Waals surface area (Å²) in [6.45, 7) is 2.02. The molecule has 9 nitrogen and oxygen atoms in total. The van der Waals surface area contributed by atoms with Crippen LogP contribution in [0.5, 0.6) is 0 Å². The molecule has 3 aliphatic rings. The first kappa shape index (κ1) is 24.8. The number of carbonyl (C=O) groups excluding carboxylic acids is 1. The molecule has 2 aromatic heterocycles. The maximum absolute atomic E-state index is 12.7. The zero-order chi connectivity index (χ0) is 27.6. The van der Waals surface area contributed by atoms with Crippen LogP contribution < -0.4 is 10.6 Å². The number of aliphatic hydroxyl groups excluding tert-OH is 2. The second-order valence-corrected chi connectivity index (χ2v) is 11.2. The third kappa shape index (κ3) is 3.86. The number of aryl methyl sites for hydroxylation is 1. The molecule has 1 amide bonds. The number of amides is 1. The SMILES string of the molecule is CNC(=O)C12CC1[C@@H](n1cnc3c(NC4C[C@H]4c4ccccc4)nc(C#Cc4cccc(C)c4)nc31)[C@H](O)[C@@H]2O. The number of nitrogens with zero attached hydrogens (tertiary/aromatic N) is 4. The van der Waals surface area contributed by atoms with Crippen LogP contribution in [-0.4, -0.2) is 60.9 Å². The Morgan fingerprint density at radius 1 is 1.10 bits per heavy atom. The largest absolute Gasteiger partial charge is 0.389 e. The molecule has 3 aliphatic carbocycles. The van der Waals surface area contributed by atoms with Crippen molar-refractivity contribution in [2.45, 2.75) is 50.0 Å². The summed E-state index contributed by atoms with van der Waals surface area (Å²) in [5.74, 6) is 7.09. The van der Waals surface area contributed by atoms with E-state index in [0.717, 1.165) is 17.5 Å². The molecule has 4 N–H and O–H groups in total. The molecule has 202 valence electrons. The van der Waals surface area contributed by atoms with Gasteiger partial charge in [0.2, 0.25) is 11.7 Å². The number of benzene rings is 2. The summed E-state index contributed by atoms with van der Waals surface area (Å²) >= 11 is 0. The Labute approximate surface area is 231 Å². The van der Waals surface area contributed by atoms with Crippen molar-refractivity contribution in [3.8, 4) is 11.8 Å². The second-order valence-electron chi connectivity index (χ2n) is 11.2. The van der Waals surface area contributed by atoms with E-state index >= 15 is 0 Å². The van der Waals surface area contributed by atoms with Crippen LogP contribution in [0.25, 0.3) is 11.2 Å². The van der Waals surface area contributed by atoms with E-state index in [0.29, 0.717) is 35.1 Å². The first-order chi connectivity index (χ1) is 19.4. The second kappa shape index (κ2) is 9.15. The third-order valence-electron chi connectivity index (χ3n) is 8.74. The number of fused-ring (bicyclic) bond motifs is 2. The fraction of sp³-hybridized carbons (Fsp3) is 0.355. The number of hydrogen-bond donors (Lipinski definition) is 4. The van der Waals surface area contributed by atoms with E-state index in [1.165, 1.54) is 5.56 Å². The molecule has 2 heterocycles. The number of aromatic nitrogens is 4. The van der Waals surface area contributed by atoms with E-state index in [4.69, 9.17) is 9.97 Å². The molecular formula is C31H30N6O3. The van der Waals surface area contributed by atoms with Crippen molar-refractivity contribution in [2.75, 3.05) is 12.4 Å². The van der Waals surface area contributed by atoms with Crippen LogP contribution >= 0.6 is 0 Å². The predicted octanol–water partition coefficient (Wildman–Crippen LogP) is 2.53. The summed E-state index contributed by atoms with van der Waals surface area (Å²) in [7, 11) is 1.55. The van der Waals surface area contributed by atoms with Crippen LogP contribution in [0.1, 0.15) is 47.3 Å². The number of hydrogen-bond acceptors (Lipinski definition) is 7. The van der Waals surface area contributed by atoms with Gasteiger partial charge >= 0.3 is 0 Å². The van der Waals surface area contributed by atoms with Crippen LogP contribution in [0, 0.1) is 30.1 Å². The van der Waals surface area contributed by atoms with Gasteiger partial charge in [0.1, 0.15) is 6.10 Å². The molecule has 3 fully saturated rings. The Balaban J connectivity index is 1.28. The van der Waals surface area contributed by atoms with E-state index in [-0.39, 0.29) is 17.9 Å². The molecule has 4 aromatic rings. The summed E-state index contributed by atoms with van der Waals surface area (Å²) in [5.41, 5.74) is 3.34. The summed E-state index contributed by atoms with van der Waals surface area (Å²) in [5, 5.41) is 28.2. The van der Waals surface area contributed by atoms with Crippen molar-refractivity contribution in [3.05, 3.63) is 83.4 Å². The van der Waals surface area contributed by atoms with Gasteiger partial charge in [-0.15, -0.1) is 0 Å². The molecule has 0 radical (unpaired) electrons. The van der Waals surface area contributed by atoms with Crippen LogP contribution in [0.15, 0.2) is 60.9 Å². The van der Waals surface area contributed by atoms with Gasteiger partial charge in [-0.3, -0.25) is 4.79 Å². The highest BCUT2D eigenvalue weighted by Crippen LogP contribution is 2.67. The standard InChI is InChI=1S/C31H30N6O3/c1-17-7-6-8-18(13-17)11-12-23-35-28(34-22-14-20(22)19-9-4-3-5-10-19)24-29(36-23)37(16-33-24)25-21-15-31(21,30(40)32-2)27(39)26(25)38/h3-10,13,16,20-22,25-27,38-39H,14-15H2,1-2H3,(H,32,40)(H,34,35,36)/t20-,21?,22?,25+,26-,27-,31?/m0/s1. The smallest absolute Gasteiger partial charge is 0.229 e. The summed E-state index contributed by atoms with van der Waals surface area (Å²) < 4.78 is 1.79. The first-order valence-electron chi connectivity index (χ1n) is 13.6. The number of anilines is 1. The van der Waals surface area contributed by atoms with Crippen molar-refractivity contribution >= 4 is 22.9 Å². The molecule has 0 saturated heterocycles. The summed E-state index contributed by atoms with van der Waals surface area (Å²) in [6, 6.07) is 18.0. The zero-order valence-electron chi connectivity index (χ0n) is 22.2. The zero-order valence-corrected chi connectivity index (χ0v) is 22.2. The maximum Gasteiger partial charge on any atom is 0.229 e. The Morgan fingerprint density at radius 2 is 1.93 bits per heavy atom. The van der Waals surface area contributed by atoms with Gasteiger partial charge in [-0.1, -0.05) is 48.4 Å². The highest BCUT2D eigenvalue weighted by Gasteiger charge is 2.75. The minimum Gasteiger partial charge on any atom is -0.389 e. The lowest BCUT2D eigenvalue weighted by Crippen LogP contribution is -2.41. The van der Waals surface area contributed by atoms with Crippen LogP contribution in [-0.2, 0) is 4.79 Å². The number of carbonyl (C=O) groups is 1. The average Bonchev–Trinajstić information content (AvgIpc) is 3.85. The summed E-state index contributed by atoms with van der Waals surface area (Å²) in [4.78, 5) is 26.8. The maximum atomic E-state index is 12.7. The molecule has 7 rings (SSSR count). The normalized spacial score (nSPS) is 29.8. The van der Waals surface area contributed by atoms with E-state index in [9.17, 15) is 15.0 Å². The van der Waals surface area contributed by atoms with Crippen LogP contribution in [0.4, 0.5) is 5.82 Å². The van der Waals surface area contributed by atoms with Crippen molar-refractivity contribution in [2.24, 2.45) is 11.3 Å².